The number of aliphatic carboxylic acids is 1. The van der Waals surface area contributed by atoms with E-state index < -0.39 is 17.9 Å². The van der Waals surface area contributed by atoms with E-state index >= 15 is 0 Å². The lowest BCUT2D eigenvalue weighted by atomic mass is 10.1. The standard InChI is InChI=1S/C20H22N2O5/c1-3-11-27-17-6-4-5-15(12-17)19(24)22-16-9-7-14(8-10-16)18(23)21-13(2)20(25)26/h4-10,12-13H,3,11H2,1-2H3,(H,21,23)(H,22,24)(H,25,26). The lowest BCUT2D eigenvalue weighted by Crippen LogP contribution is -2.38. The summed E-state index contributed by atoms with van der Waals surface area (Å²) in [4.78, 5) is 35.1. The van der Waals surface area contributed by atoms with Crippen molar-refractivity contribution in [2.24, 2.45) is 0 Å². The minimum absolute atomic E-state index is 0.298. The summed E-state index contributed by atoms with van der Waals surface area (Å²) in [6.45, 7) is 3.96. The van der Waals surface area contributed by atoms with Crippen molar-refractivity contribution in [1.82, 2.24) is 5.32 Å². The number of carbonyl (C=O) groups is 3. The van der Waals surface area contributed by atoms with Gasteiger partial charge in [-0.15, -0.1) is 0 Å². The lowest BCUT2D eigenvalue weighted by Gasteiger charge is -2.10. The monoisotopic (exact) mass is 370 g/mol. The van der Waals surface area contributed by atoms with E-state index in [0.29, 0.717) is 29.2 Å². The second-order valence-corrected chi connectivity index (χ2v) is 5.94. The smallest absolute Gasteiger partial charge is 0.325 e. The molecular formula is C20H22N2O5. The highest BCUT2D eigenvalue weighted by Crippen LogP contribution is 2.16. The number of nitrogens with one attached hydrogen (secondary N) is 2. The van der Waals surface area contributed by atoms with Crippen LogP contribution in [0.15, 0.2) is 48.5 Å². The van der Waals surface area contributed by atoms with Crippen LogP contribution in [0, 0.1) is 0 Å². The Labute approximate surface area is 157 Å². The summed E-state index contributed by atoms with van der Waals surface area (Å²) in [7, 11) is 0. The largest absolute Gasteiger partial charge is 0.494 e. The number of ether oxygens (including phenoxy) is 1. The summed E-state index contributed by atoms with van der Waals surface area (Å²) in [5.41, 5.74) is 1.28. The van der Waals surface area contributed by atoms with Gasteiger partial charge in [-0.2, -0.15) is 0 Å². The quantitative estimate of drug-likeness (QED) is 0.663. The molecular weight excluding hydrogens is 348 g/mol. The molecule has 1 unspecified atom stereocenters. The Hall–Kier alpha value is -3.35. The van der Waals surface area contributed by atoms with Gasteiger partial charge in [-0.25, -0.2) is 0 Å². The number of carboxylic acid groups (broad SMARTS) is 1. The first-order valence-corrected chi connectivity index (χ1v) is 8.58. The second kappa shape index (κ2) is 9.38. The van der Waals surface area contributed by atoms with Crippen LogP contribution in [0.2, 0.25) is 0 Å². The molecule has 1 atom stereocenters. The summed E-state index contributed by atoms with van der Waals surface area (Å²) < 4.78 is 5.52. The molecule has 2 aromatic rings. The van der Waals surface area contributed by atoms with E-state index in [2.05, 4.69) is 10.6 Å². The van der Waals surface area contributed by atoms with Gasteiger partial charge in [0.15, 0.2) is 0 Å². The van der Waals surface area contributed by atoms with E-state index in [1.807, 2.05) is 6.92 Å². The van der Waals surface area contributed by atoms with Crippen molar-refractivity contribution in [1.29, 1.82) is 0 Å². The number of rotatable bonds is 8. The third kappa shape index (κ3) is 5.85. The van der Waals surface area contributed by atoms with Crippen LogP contribution in [0.5, 0.6) is 5.75 Å². The van der Waals surface area contributed by atoms with E-state index in [-0.39, 0.29) is 5.91 Å². The molecule has 0 saturated carbocycles. The van der Waals surface area contributed by atoms with Crippen molar-refractivity contribution < 1.29 is 24.2 Å². The molecule has 0 bridgehead atoms. The molecule has 0 aliphatic carbocycles. The maximum Gasteiger partial charge on any atom is 0.325 e. The number of carbonyl (C=O) groups excluding carboxylic acids is 2. The summed E-state index contributed by atoms with van der Waals surface area (Å²) in [6.07, 6.45) is 0.877. The van der Waals surface area contributed by atoms with E-state index in [9.17, 15) is 14.4 Å². The Bertz CT molecular complexity index is 817. The van der Waals surface area contributed by atoms with Crippen molar-refractivity contribution in [3.05, 3.63) is 59.7 Å². The van der Waals surface area contributed by atoms with Crippen molar-refractivity contribution in [3.63, 3.8) is 0 Å². The molecule has 2 aromatic carbocycles. The van der Waals surface area contributed by atoms with Crippen molar-refractivity contribution in [3.8, 4) is 5.75 Å². The van der Waals surface area contributed by atoms with Gasteiger partial charge in [0.2, 0.25) is 0 Å². The molecule has 0 spiro atoms. The molecule has 142 valence electrons. The molecule has 0 radical (unpaired) electrons. The number of hydrogen-bond donors (Lipinski definition) is 3. The molecule has 0 aliphatic heterocycles. The first-order chi connectivity index (χ1) is 12.9. The molecule has 3 N–H and O–H groups in total. The predicted molar refractivity (Wildman–Crippen MR) is 101 cm³/mol. The van der Waals surface area contributed by atoms with Crippen LogP contribution in [0.25, 0.3) is 0 Å². The van der Waals surface area contributed by atoms with E-state index in [1.54, 1.807) is 36.4 Å². The highest BCUT2D eigenvalue weighted by Gasteiger charge is 2.15. The second-order valence-electron chi connectivity index (χ2n) is 5.94. The number of benzene rings is 2. The number of anilines is 1. The Morgan fingerprint density at radius 1 is 1.04 bits per heavy atom. The zero-order chi connectivity index (χ0) is 19.8. The van der Waals surface area contributed by atoms with Gasteiger partial charge in [0.1, 0.15) is 11.8 Å². The van der Waals surface area contributed by atoms with Crippen LogP contribution >= 0.6 is 0 Å². The van der Waals surface area contributed by atoms with Crippen LogP contribution in [0.4, 0.5) is 5.69 Å². The van der Waals surface area contributed by atoms with E-state index in [1.165, 1.54) is 19.1 Å². The van der Waals surface area contributed by atoms with Crippen molar-refractivity contribution >= 4 is 23.5 Å². The Balaban J connectivity index is 2.00. The van der Waals surface area contributed by atoms with Crippen LogP contribution in [-0.4, -0.2) is 35.5 Å². The van der Waals surface area contributed by atoms with Gasteiger partial charge in [0.05, 0.1) is 6.61 Å². The first kappa shape index (κ1) is 20.0. The summed E-state index contributed by atoms with van der Waals surface area (Å²) in [6, 6.07) is 12.1. The van der Waals surface area contributed by atoms with Gasteiger partial charge in [-0.1, -0.05) is 13.0 Å². The number of carboxylic acids is 1. The number of hydrogen-bond acceptors (Lipinski definition) is 4. The first-order valence-electron chi connectivity index (χ1n) is 8.58. The molecule has 0 fully saturated rings. The van der Waals surface area contributed by atoms with Crippen LogP contribution in [0.3, 0.4) is 0 Å². The zero-order valence-corrected chi connectivity index (χ0v) is 15.2. The van der Waals surface area contributed by atoms with Gasteiger partial charge >= 0.3 is 5.97 Å². The molecule has 0 heterocycles. The maximum atomic E-state index is 12.4. The maximum absolute atomic E-state index is 12.4. The third-order valence-electron chi connectivity index (χ3n) is 3.69. The van der Waals surface area contributed by atoms with Crippen LogP contribution < -0.4 is 15.4 Å². The fraction of sp³-hybridized carbons (Fsp3) is 0.250. The molecule has 0 aliphatic rings. The Morgan fingerprint density at radius 2 is 1.74 bits per heavy atom. The van der Waals surface area contributed by atoms with Gasteiger partial charge in [-0.05, 0) is 55.8 Å². The van der Waals surface area contributed by atoms with Gasteiger partial charge < -0.3 is 20.5 Å². The average Bonchev–Trinajstić information content (AvgIpc) is 2.67. The lowest BCUT2D eigenvalue weighted by molar-refractivity contribution is -0.138. The molecule has 2 rings (SSSR count). The van der Waals surface area contributed by atoms with E-state index in [4.69, 9.17) is 9.84 Å². The Kier molecular flexibility index (Phi) is 6.93. The summed E-state index contributed by atoms with van der Waals surface area (Å²) >= 11 is 0. The minimum Gasteiger partial charge on any atom is -0.494 e. The zero-order valence-electron chi connectivity index (χ0n) is 15.2. The Morgan fingerprint density at radius 3 is 2.37 bits per heavy atom. The average molecular weight is 370 g/mol. The van der Waals surface area contributed by atoms with Crippen molar-refractivity contribution in [2.45, 2.75) is 26.3 Å². The molecule has 7 heteroatoms. The molecule has 0 saturated heterocycles. The van der Waals surface area contributed by atoms with E-state index in [0.717, 1.165) is 6.42 Å². The highest BCUT2D eigenvalue weighted by atomic mass is 16.5. The summed E-state index contributed by atoms with van der Waals surface area (Å²) in [5.74, 6) is -1.28. The van der Waals surface area contributed by atoms with Gasteiger partial charge in [-0.3, -0.25) is 14.4 Å². The molecule has 0 aromatic heterocycles. The number of amides is 2. The summed E-state index contributed by atoms with van der Waals surface area (Å²) in [5, 5.41) is 13.9. The molecule has 2 amide bonds. The van der Waals surface area contributed by atoms with Gasteiger partial charge in [0.25, 0.3) is 11.8 Å². The van der Waals surface area contributed by atoms with Crippen LogP contribution in [0.1, 0.15) is 41.0 Å². The third-order valence-corrected chi connectivity index (χ3v) is 3.69. The van der Waals surface area contributed by atoms with Gasteiger partial charge in [0, 0.05) is 16.8 Å². The predicted octanol–water partition coefficient (Wildman–Crippen LogP) is 2.93. The molecule has 27 heavy (non-hydrogen) atoms. The topological polar surface area (TPSA) is 105 Å². The van der Waals surface area contributed by atoms with Crippen molar-refractivity contribution in [2.75, 3.05) is 11.9 Å². The molecule has 7 nitrogen and oxygen atoms in total. The normalized spacial score (nSPS) is 11.3. The van der Waals surface area contributed by atoms with Crippen LogP contribution in [-0.2, 0) is 4.79 Å². The highest BCUT2D eigenvalue weighted by molar-refractivity contribution is 6.05. The fourth-order valence-electron chi connectivity index (χ4n) is 2.20. The minimum atomic E-state index is -1.11. The fourth-order valence-corrected chi connectivity index (χ4v) is 2.20. The SMILES string of the molecule is CCCOc1cccc(C(=O)Nc2ccc(C(=O)NC(C)C(=O)O)cc2)c1.